The number of fused-ring (bicyclic) bond motifs is 3. The van der Waals surface area contributed by atoms with Gasteiger partial charge in [-0.15, -0.1) is 54.1 Å². The number of hydrogen-bond donors (Lipinski definition) is 0. The Kier molecular flexibility index (Phi) is 10.6. The van der Waals surface area contributed by atoms with Crippen molar-refractivity contribution in [3.05, 3.63) is 132 Å². The molecule has 0 aliphatic heterocycles. The third-order valence-corrected chi connectivity index (χ3v) is 10.6. The third-order valence-electron chi connectivity index (χ3n) is 8.59. The summed E-state index contributed by atoms with van der Waals surface area (Å²) in [5.41, 5.74) is 12.8. The second-order valence-electron chi connectivity index (χ2n) is 13.5. The molecular weight excluding hydrogens is 783 g/mol. The number of aromatic nitrogens is 3. The van der Waals surface area contributed by atoms with E-state index in [2.05, 4.69) is 124 Å². The normalized spacial score (nSPS) is 11.4. The molecular formula is C42H41IrN3OSi-2. The summed E-state index contributed by atoms with van der Waals surface area (Å²) in [6, 6.07) is 35.6. The zero-order chi connectivity index (χ0) is 33.3. The van der Waals surface area contributed by atoms with E-state index in [1.54, 1.807) is 0 Å². The SMILES string of the molecule is Cc1ccc2c(n1)oc1c(-c3cc(C(C)C)ccn3)[c-]ccc12.Cc1cccc(C)c1-c1cc(-c2[c-]cccc2)ncc1[Si](C)(C)C.[Ir]. The molecule has 4 heterocycles. The average molecular weight is 824 g/mol. The van der Waals surface area contributed by atoms with Crippen LogP contribution >= 0.6 is 0 Å². The predicted octanol–water partition coefficient (Wildman–Crippen LogP) is 10.7. The molecule has 0 N–H and O–H groups in total. The summed E-state index contributed by atoms with van der Waals surface area (Å²) in [7, 11) is -1.50. The van der Waals surface area contributed by atoms with Crippen LogP contribution in [0, 0.1) is 32.9 Å². The fraction of sp³-hybridized carbons (Fsp3) is 0.214. The minimum absolute atomic E-state index is 0. The van der Waals surface area contributed by atoms with Gasteiger partial charge in [-0.3, -0.25) is 0 Å². The van der Waals surface area contributed by atoms with Gasteiger partial charge in [-0.05, 0) is 83.7 Å². The van der Waals surface area contributed by atoms with Crippen molar-refractivity contribution < 1.29 is 24.5 Å². The molecule has 0 atom stereocenters. The Hall–Kier alpha value is -4.22. The molecule has 6 heteroatoms. The predicted molar refractivity (Wildman–Crippen MR) is 199 cm³/mol. The Bertz CT molecular complexity index is 2180. The number of furan rings is 1. The number of pyridine rings is 3. The Morgan fingerprint density at radius 3 is 2.21 bits per heavy atom. The molecule has 7 rings (SSSR count). The number of benzene rings is 3. The molecule has 48 heavy (non-hydrogen) atoms. The summed E-state index contributed by atoms with van der Waals surface area (Å²) in [4.78, 5) is 13.8. The van der Waals surface area contributed by atoms with Crippen LogP contribution in [-0.4, -0.2) is 23.0 Å². The molecule has 3 aromatic carbocycles. The van der Waals surface area contributed by atoms with E-state index < -0.39 is 8.07 Å². The monoisotopic (exact) mass is 824 g/mol. The van der Waals surface area contributed by atoms with Crippen LogP contribution in [-0.2, 0) is 20.1 Å². The quantitative estimate of drug-likeness (QED) is 0.128. The summed E-state index contributed by atoms with van der Waals surface area (Å²) in [6.45, 7) is 17.9. The van der Waals surface area contributed by atoms with Crippen LogP contribution in [0.5, 0.6) is 0 Å². The van der Waals surface area contributed by atoms with Crippen molar-refractivity contribution in [1.29, 1.82) is 0 Å². The van der Waals surface area contributed by atoms with Crippen molar-refractivity contribution in [2.75, 3.05) is 0 Å². The van der Waals surface area contributed by atoms with Gasteiger partial charge in [-0.25, -0.2) is 4.98 Å². The van der Waals surface area contributed by atoms with E-state index in [0.717, 1.165) is 44.6 Å². The molecule has 1 radical (unpaired) electrons. The fourth-order valence-electron chi connectivity index (χ4n) is 6.05. The largest absolute Gasteiger partial charge is 0.486 e. The number of nitrogens with zero attached hydrogens (tertiary/aromatic N) is 3. The molecule has 0 aliphatic carbocycles. The van der Waals surface area contributed by atoms with Gasteiger partial charge in [0.05, 0.1) is 13.7 Å². The summed E-state index contributed by atoms with van der Waals surface area (Å²) in [5.74, 6) is 0.455. The molecule has 0 amide bonds. The van der Waals surface area contributed by atoms with Crippen LogP contribution in [0.25, 0.3) is 55.7 Å². The topological polar surface area (TPSA) is 51.8 Å². The molecule has 4 aromatic heterocycles. The smallest absolute Gasteiger partial charge is 0.216 e. The number of aryl methyl sites for hydroxylation is 3. The van der Waals surface area contributed by atoms with E-state index in [1.807, 2.05) is 49.5 Å². The first-order valence-electron chi connectivity index (χ1n) is 16.2. The van der Waals surface area contributed by atoms with Crippen LogP contribution in [0.2, 0.25) is 19.6 Å². The molecule has 0 bridgehead atoms. The van der Waals surface area contributed by atoms with Crippen LogP contribution in [0.4, 0.5) is 0 Å². The third kappa shape index (κ3) is 7.27. The van der Waals surface area contributed by atoms with Crippen LogP contribution in [0.15, 0.2) is 102 Å². The number of rotatable bonds is 5. The second-order valence-corrected chi connectivity index (χ2v) is 18.6. The van der Waals surface area contributed by atoms with Gasteiger partial charge in [0, 0.05) is 43.6 Å². The van der Waals surface area contributed by atoms with Gasteiger partial charge in [0.1, 0.15) is 0 Å². The van der Waals surface area contributed by atoms with Crippen LogP contribution in [0.3, 0.4) is 0 Å². The van der Waals surface area contributed by atoms with Crippen molar-refractivity contribution in [1.82, 2.24) is 15.0 Å². The van der Waals surface area contributed by atoms with Crippen molar-refractivity contribution in [2.45, 2.75) is 60.2 Å². The van der Waals surface area contributed by atoms with Gasteiger partial charge >= 0.3 is 0 Å². The summed E-state index contributed by atoms with van der Waals surface area (Å²) in [5, 5.41) is 3.50. The maximum absolute atomic E-state index is 6.04. The molecule has 0 saturated heterocycles. The van der Waals surface area contributed by atoms with Crippen molar-refractivity contribution in [3.8, 4) is 33.6 Å². The van der Waals surface area contributed by atoms with Gasteiger partial charge in [0.2, 0.25) is 5.71 Å². The fourth-order valence-corrected chi connectivity index (χ4v) is 7.50. The van der Waals surface area contributed by atoms with Gasteiger partial charge in [0.25, 0.3) is 0 Å². The first-order valence-corrected chi connectivity index (χ1v) is 19.7. The van der Waals surface area contributed by atoms with E-state index in [0.29, 0.717) is 11.6 Å². The molecule has 4 nitrogen and oxygen atoms in total. The van der Waals surface area contributed by atoms with Gasteiger partial charge < -0.3 is 14.4 Å². The first-order chi connectivity index (χ1) is 22.5. The van der Waals surface area contributed by atoms with Crippen molar-refractivity contribution in [3.63, 3.8) is 0 Å². The zero-order valence-corrected chi connectivity index (χ0v) is 32.3. The molecule has 0 fully saturated rings. The van der Waals surface area contributed by atoms with E-state index >= 15 is 0 Å². The minimum atomic E-state index is -1.50. The Balaban J connectivity index is 0.000000184. The Morgan fingerprint density at radius 1 is 0.750 bits per heavy atom. The average Bonchev–Trinajstić information content (AvgIpc) is 3.42. The van der Waals surface area contributed by atoms with Crippen LogP contribution < -0.4 is 5.19 Å². The Morgan fingerprint density at radius 2 is 1.52 bits per heavy atom. The summed E-state index contributed by atoms with van der Waals surface area (Å²) < 4.78 is 6.04. The summed E-state index contributed by atoms with van der Waals surface area (Å²) >= 11 is 0. The minimum Gasteiger partial charge on any atom is -0.486 e. The van der Waals surface area contributed by atoms with Gasteiger partial charge in [-0.2, -0.15) is 0 Å². The molecule has 0 saturated carbocycles. The van der Waals surface area contributed by atoms with Crippen molar-refractivity contribution >= 4 is 35.3 Å². The maximum Gasteiger partial charge on any atom is 0.216 e. The van der Waals surface area contributed by atoms with E-state index in [1.165, 1.54) is 33.0 Å². The van der Waals surface area contributed by atoms with Crippen molar-refractivity contribution in [2.24, 2.45) is 0 Å². The molecule has 7 aromatic rings. The van der Waals surface area contributed by atoms with E-state index in [-0.39, 0.29) is 20.1 Å². The Labute approximate surface area is 299 Å². The first kappa shape index (κ1) is 35.1. The number of hydrogen-bond acceptors (Lipinski definition) is 4. The maximum atomic E-state index is 6.04. The standard InChI is InChI=1S/C22H24NSi.C20H17N2O.Ir/c1-16-10-9-11-17(2)22(16)19-14-20(18-12-7-6-8-13-18)23-15-21(19)24(3,4)5;1-12(2)14-9-10-21-18(11-14)17-6-4-5-15-16-8-7-13(3)22-20(16)23-19(15)17;/h6-12,14-15H,1-5H3;4-5,7-12H,1-3H3;/q2*-1;. The molecule has 0 aliphatic rings. The molecule has 0 spiro atoms. The van der Waals surface area contributed by atoms with E-state index in [4.69, 9.17) is 9.40 Å². The molecule has 0 unspecified atom stereocenters. The van der Waals surface area contributed by atoms with Gasteiger partial charge in [0.15, 0.2) is 0 Å². The second kappa shape index (κ2) is 14.5. The van der Waals surface area contributed by atoms with Gasteiger partial charge in [-0.1, -0.05) is 80.3 Å². The van der Waals surface area contributed by atoms with E-state index in [9.17, 15) is 0 Å². The zero-order valence-electron chi connectivity index (χ0n) is 28.9. The van der Waals surface area contributed by atoms with Crippen LogP contribution in [0.1, 0.15) is 42.1 Å². The summed E-state index contributed by atoms with van der Waals surface area (Å²) in [6.07, 6.45) is 3.95. The molecule has 245 valence electrons.